The Kier molecular flexibility index (Phi) is 4.65. The molecular weight excluding hydrogens is 314 g/mol. The number of hydrogen-bond acceptors (Lipinski definition) is 2. The van der Waals surface area contributed by atoms with Crippen molar-refractivity contribution in [2.24, 2.45) is 5.92 Å². The highest BCUT2D eigenvalue weighted by Crippen LogP contribution is 2.21. The highest BCUT2D eigenvalue weighted by molar-refractivity contribution is 9.10. The fourth-order valence-electron chi connectivity index (χ4n) is 2.54. The van der Waals surface area contributed by atoms with Gasteiger partial charge < -0.3 is 9.88 Å². The number of piperidine rings is 1. The van der Waals surface area contributed by atoms with Crippen molar-refractivity contribution in [2.45, 2.75) is 19.4 Å². The average molecular weight is 331 g/mol. The summed E-state index contributed by atoms with van der Waals surface area (Å²) < 4.78 is 3.34. The van der Waals surface area contributed by atoms with Gasteiger partial charge in [0.15, 0.2) is 0 Å². The minimum Gasteiger partial charge on any atom is -0.332 e. The van der Waals surface area contributed by atoms with E-state index in [9.17, 15) is 0 Å². The summed E-state index contributed by atoms with van der Waals surface area (Å²) in [6.07, 6.45) is 6.58. The molecule has 2 aromatic heterocycles. The smallest absolute Gasteiger partial charge is 0.139 e. The summed E-state index contributed by atoms with van der Waals surface area (Å²) in [5.74, 6) is 0.789. The first kappa shape index (κ1) is 13.8. The summed E-state index contributed by atoms with van der Waals surface area (Å²) in [5.41, 5.74) is 1.10. The molecule has 1 aliphatic heterocycles. The van der Waals surface area contributed by atoms with Crippen molar-refractivity contribution in [3.8, 4) is 0 Å². The minimum absolute atomic E-state index is 0. The van der Waals surface area contributed by atoms with Crippen LogP contribution in [0.4, 0.5) is 0 Å². The topological polar surface area (TPSA) is 29.9 Å². The van der Waals surface area contributed by atoms with Crippen LogP contribution in [0, 0.1) is 5.92 Å². The van der Waals surface area contributed by atoms with Crippen molar-refractivity contribution in [1.29, 1.82) is 0 Å². The van der Waals surface area contributed by atoms with Gasteiger partial charge in [0, 0.05) is 28.8 Å². The van der Waals surface area contributed by atoms with Gasteiger partial charge in [-0.15, -0.1) is 12.4 Å². The van der Waals surface area contributed by atoms with Gasteiger partial charge in [-0.05, 0) is 59.9 Å². The lowest BCUT2D eigenvalue weighted by molar-refractivity contribution is 0.336. The second kappa shape index (κ2) is 6.04. The fourth-order valence-corrected chi connectivity index (χ4v) is 2.89. The largest absolute Gasteiger partial charge is 0.332 e. The quantitative estimate of drug-likeness (QED) is 0.916. The molecule has 1 fully saturated rings. The van der Waals surface area contributed by atoms with Gasteiger partial charge in [0.05, 0.1) is 0 Å². The molecule has 1 aliphatic rings. The number of fused-ring (bicyclic) bond motifs is 1. The Morgan fingerprint density at radius 2 is 2.17 bits per heavy atom. The zero-order valence-corrected chi connectivity index (χ0v) is 12.5. The lowest BCUT2D eigenvalue weighted by Crippen LogP contribution is -2.29. The molecule has 0 amide bonds. The summed E-state index contributed by atoms with van der Waals surface area (Å²) >= 11 is 3.46. The third-order valence-electron chi connectivity index (χ3n) is 3.48. The predicted octanol–water partition coefficient (Wildman–Crippen LogP) is 3.22. The molecule has 0 radical (unpaired) electrons. The number of rotatable bonds is 2. The number of pyridine rings is 1. The fraction of sp³-hybridized carbons (Fsp3) is 0.462. The van der Waals surface area contributed by atoms with Gasteiger partial charge in [0.2, 0.25) is 0 Å². The third kappa shape index (κ3) is 2.87. The molecule has 3 rings (SSSR count). The van der Waals surface area contributed by atoms with E-state index in [0.29, 0.717) is 0 Å². The van der Waals surface area contributed by atoms with Crippen LogP contribution < -0.4 is 5.32 Å². The normalized spacial score (nSPS) is 16.7. The van der Waals surface area contributed by atoms with Crippen LogP contribution in [0.3, 0.4) is 0 Å². The monoisotopic (exact) mass is 329 g/mol. The van der Waals surface area contributed by atoms with E-state index in [-0.39, 0.29) is 12.4 Å². The first-order valence-electron chi connectivity index (χ1n) is 6.14. The highest BCUT2D eigenvalue weighted by atomic mass is 79.9. The van der Waals surface area contributed by atoms with Gasteiger partial charge in [-0.25, -0.2) is 4.98 Å². The van der Waals surface area contributed by atoms with E-state index in [1.165, 1.54) is 18.2 Å². The first-order valence-corrected chi connectivity index (χ1v) is 6.93. The molecule has 0 spiro atoms. The zero-order chi connectivity index (χ0) is 11.7. The van der Waals surface area contributed by atoms with Crippen molar-refractivity contribution in [1.82, 2.24) is 14.9 Å². The van der Waals surface area contributed by atoms with Crippen molar-refractivity contribution < 1.29 is 0 Å². The molecule has 1 saturated heterocycles. The predicted molar refractivity (Wildman–Crippen MR) is 80.3 cm³/mol. The van der Waals surface area contributed by atoms with Crippen LogP contribution in [0.15, 0.2) is 29.0 Å². The molecule has 98 valence electrons. The minimum atomic E-state index is 0. The molecule has 3 heterocycles. The summed E-state index contributed by atoms with van der Waals surface area (Å²) in [6, 6.07) is 4.27. The van der Waals surface area contributed by atoms with Crippen molar-refractivity contribution in [2.75, 3.05) is 13.1 Å². The standard InChI is InChI=1S/C13H16BrN3.ClH/c14-12-7-11-3-6-17(13(11)16-8-12)9-10-1-4-15-5-2-10;/h3,6-8,10,15H,1-2,4-5,9H2;1H. The van der Waals surface area contributed by atoms with Gasteiger partial charge in [-0.2, -0.15) is 0 Å². The maximum Gasteiger partial charge on any atom is 0.139 e. The van der Waals surface area contributed by atoms with E-state index in [1.807, 2.05) is 6.20 Å². The molecular formula is C13H17BrClN3. The number of halogens is 2. The van der Waals surface area contributed by atoms with Gasteiger partial charge in [0.1, 0.15) is 5.65 Å². The molecule has 1 N–H and O–H groups in total. The van der Waals surface area contributed by atoms with Crippen LogP contribution in [0.25, 0.3) is 11.0 Å². The molecule has 0 aliphatic carbocycles. The SMILES string of the molecule is Brc1cnc2c(ccn2CC2CCNCC2)c1.Cl. The van der Waals surface area contributed by atoms with Crippen LogP contribution in [0.2, 0.25) is 0 Å². The van der Waals surface area contributed by atoms with E-state index in [0.717, 1.165) is 35.7 Å². The van der Waals surface area contributed by atoms with Gasteiger partial charge >= 0.3 is 0 Å². The molecule has 0 unspecified atom stereocenters. The summed E-state index contributed by atoms with van der Waals surface area (Å²) in [5, 5.41) is 4.62. The third-order valence-corrected chi connectivity index (χ3v) is 3.92. The van der Waals surface area contributed by atoms with Gasteiger partial charge in [0.25, 0.3) is 0 Å². The van der Waals surface area contributed by atoms with Crippen LogP contribution in [-0.4, -0.2) is 22.6 Å². The van der Waals surface area contributed by atoms with E-state index in [2.05, 4.69) is 49.1 Å². The second-order valence-electron chi connectivity index (χ2n) is 4.73. The van der Waals surface area contributed by atoms with E-state index < -0.39 is 0 Å². The van der Waals surface area contributed by atoms with E-state index >= 15 is 0 Å². The Hall–Kier alpha value is -0.580. The maximum atomic E-state index is 4.51. The number of nitrogens with zero attached hydrogens (tertiary/aromatic N) is 2. The zero-order valence-electron chi connectivity index (χ0n) is 10.1. The van der Waals surface area contributed by atoms with E-state index in [4.69, 9.17) is 0 Å². The van der Waals surface area contributed by atoms with Crippen molar-refractivity contribution in [3.63, 3.8) is 0 Å². The van der Waals surface area contributed by atoms with Crippen molar-refractivity contribution >= 4 is 39.4 Å². The Morgan fingerprint density at radius 3 is 2.94 bits per heavy atom. The van der Waals surface area contributed by atoms with Crippen LogP contribution in [0.5, 0.6) is 0 Å². The first-order chi connectivity index (χ1) is 8.33. The second-order valence-corrected chi connectivity index (χ2v) is 5.64. The lowest BCUT2D eigenvalue weighted by atomic mass is 9.98. The average Bonchev–Trinajstić information content (AvgIpc) is 2.73. The molecule has 0 bridgehead atoms. The number of hydrogen-bond donors (Lipinski definition) is 1. The Morgan fingerprint density at radius 1 is 1.39 bits per heavy atom. The van der Waals surface area contributed by atoms with Gasteiger partial charge in [-0.1, -0.05) is 0 Å². The Labute approximate surface area is 122 Å². The molecule has 5 heteroatoms. The molecule has 0 saturated carbocycles. The summed E-state index contributed by atoms with van der Waals surface area (Å²) in [7, 11) is 0. The Bertz CT molecular complexity index is 520. The van der Waals surface area contributed by atoms with E-state index in [1.54, 1.807) is 0 Å². The van der Waals surface area contributed by atoms with Gasteiger partial charge in [-0.3, -0.25) is 0 Å². The van der Waals surface area contributed by atoms with Crippen LogP contribution >= 0.6 is 28.3 Å². The van der Waals surface area contributed by atoms with Crippen LogP contribution in [-0.2, 0) is 6.54 Å². The number of aromatic nitrogens is 2. The summed E-state index contributed by atoms with van der Waals surface area (Å²) in [6.45, 7) is 3.41. The molecule has 0 aromatic carbocycles. The van der Waals surface area contributed by atoms with Crippen molar-refractivity contribution in [3.05, 3.63) is 29.0 Å². The highest BCUT2D eigenvalue weighted by Gasteiger charge is 2.14. The van der Waals surface area contributed by atoms with Crippen LogP contribution in [0.1, 0.15) is 12.8 Å². The maximum absolute atomic E-state index is 4.51. The molecule has 2 aromatic rings. The number of nitrogens with one attached hydrogen (secondary N) is 1. The molecule has 3 nitrogen and oxygen atoms in total. The lowest BCUT2D eigenvalue weighted by Gasteiger charge is -2.23. The Balaban J connectivity index is 0.00000120. The molecule has 18 heavy (non-hydrogen) atoms. The summed E-state index contributed by atoms with van der Waals surface area (Å²) in [4.78, 5) is 4.51. The molecule has 0 atom stereocenters.